The molecule has 0 saturated carbocycles. The fourth-order valence-corrected chi connectivity index (χ4v) is 4.15. The summed E-state index contributed by atoms with van der Waals surface area (Å²) in [6, 6.07) is 17.3. The number of rotatable bonds is 5. The van der Waals surface area contributed by atoms with Gasteiger partial charge in [0.2, 0.25) is 0 Å². The molecule has 7 nitrogen and oxygen atoms in total. The number of nitrogens with one attached hydrogen (secondary N) is 1. The lowest BCUT2D eigenvalue weighted by atomic mass is 9.92. The second kappa shape index (κ2) is 11.3. The van der Waals surface area contributed by atoms with Crippen LogP contribution in [-0.2, 0) is 11.3 Å². The quantitative estimate of drug-likeness (QED) is 0.520. The Hall–Kier alpha value is -3.67. The Morgan fingerprint density at radius 2 is 2.06 bits per heavy atom. The molecule has 1 aliphatic rings. The molecule has 1 aromatic heterocycles. The zero-order chi connectivity index (χ0) is 23.8. The molecule has 0 bridgehead atoms. The highest BCUT2D eigenvalue weighted by molar-refractivity contribution is 7.19. The van der Waals surface area contributed by atoms with Crippen molar-refractivity contribution in [2.24, 2.45) is 5.73 Å². The van der Waals surface area contributed by atoms with Gasteiger partial charge in [-0.2, -0.15) is 5.26 Å². The topological polar surface area (TPSA) is 127 Å². The average Bonchev–Trinajstić information content (AvgIpc) is 3.23. The number of thiazole rings is 1. The number of carbonyl (C=O) groups excluding carboxylic acids is 1. The normalized spacial score (nSPS) is 14.9. The molecule has 1 unspecified atom stereocenters. The number of ether oxygens (including phenoxy) is 1. The van der Waals surface area contributed by atoms with Crippen molar-refractivity contribution in [3.05, 3.63) is 76.6 Å². The number of benzene rings is 2. The van der Waals surface area contributed by atoms with E-state index in [2.05, 4.69) is 16.4 Å². The van der Waals surface area contributed by atoms with Gasteiger partial charge in [-0.25, -0.2) is 4.98 Å². The van der Waals surface area contributed by atoms with Gasteiger partial charge in [-0.15, -0.1) is 0 Å². The van der Waals surface area contributed by atoms with Crippen molar-refractivity contribution in [1.29, 1.82) is 5.26 Å². The first-order chi connectivity index (χ1) is 16.0. The summed E-state index contributed by atoms with van der Waals surface area (Å²) in [7, 11) is 0. The fraction of sp³-hybridized carbons (Fsp3) is 0.240. The zero-order valence-corrected chi connectivity index (χ0v) is 19.5. The third-order valence-corrected chi connectivity index (χ3v) is 5.91. The molecule has 0 spiro atoms. The summed E-state index contributed by atoms with van der Waals surface area (Å²) >= 11 is 1.39. The van der Waals surface area contributed by atoms with Crippen LogP contribution in [0.5, 0.6) is 0 Å². The van der Waals surface area contributed by atoms with E-state index in [1.807, 2.05) is 50.2 Å². The number of hydrogen-bond donors (Lipinski definition) is 3. The number of hydrogen-bond acceptors (Lipinski definition) is 7. The van der Waals surface area contributed by atoms with E-state index in [0.717, 1.165) is 21.7 Å². The number of fused-ring (bicyclic) bond motifs is 1. The minimum absolute atomic E-state index is 0.151. The van der Waals surface area contributed by atoms with E-state index in [9.17, 15) is 10.1 Å². The molecule has 3 aromatic rings. The van der Waals surface area contributed by atoms with Gasteiger partial charge in [-0.05, 0) is 29.3 Å². The number of anilines is 1. The van der Waals surface area contributed by atoms with Crippen LogP contribution < -0.4 is 16.8 Å². The van der Waals surface area contributed by atoms with Gasteiger partial charge in [0, 0.05) is 16.8 Å². The van der Waals surface area contributed by atoms with E-state index in [4.69, 9.17) is 16.2 Å². The van der Waals surface area contributed by atoms with Crippen molar-refractivity contribution in [2.45, 2.75) is 26.4 Å². The van der Waals surface area contributed by atoms with Gasteiger partial charge in [-0.1, -0.05) is 61.6 Å². The number of amides is 1. The molecular weight excluding hydrogens is 434 g/mol. The lowest BCUT2D eigenvalue weighted by molar-refractivity contribution is 0.0951. The van der Waals surface area contributed by atoms with Gasteiger partial charge < -0.3 is 21.5 Å². The van der Waals surface area contributed by atoms with Crippen molar-refractivity contribution >= 4 is 28.3 Å². The molecule has 2 heterocycles. The molecule has 8 heteroatoms. The Labute approximate surface area is 197 Å². The summed E-state index contributed by atoms with van der Waals surface area (Å²) in [4.78, 5) is 17.1. The molecule has 1 amide bonds. The zero-order valence-electron chi connectivity index (χ0n) is 18.7. The molecule has 170 valence electrons. The minimum atomic E-state index is -0.368. The summed E-state index contributed by atoms with van der Waals surface area (Å²) in [5.74, 6) is -0.633. The smallest absolute Gasteiger partial charge is 0.251 e. The van der Waals surface area contributed by atoms with Crippen LogP contribution in [0.15, 0.2) is 54.2 Å². The summed E-state index contributed by atoms with van der Waals surface area (Å²) in [5.41, 5.74) is 16.5. The average molecular weight is 462 g/mol. The third kappa shape index (κ3) is 5.77. The Morgan fingerprint density at radius 1 is 1.30 bits per heavy atom. The maximum Gasteiger partial charge on any atom is 0.251 e. The first-order valence-corrected chi connectivity index (χ1v) is 11.5. The van der Waals surface area contributed by atoms with E-state index in [-0.39, 0.29) is 18.4 Å². The van der Waals surface area contributed by atoms with Crippen LogP contribution >= 0.6 is 11.3 Å². The van der Waals surface area contributed by atoms with E-state index in [1.165, 1.54) is 11.3 Å². The number of aromatic nitrogens is 1. The Bertz CT molecular complexity index is 1180. The summed E-state index contributed by atoms with van der Waals surface area (Å²) in [5, 5.41) is 13.5. The van der Waals surface area contributed by atoms with Crippen LogP contribution in [0.2, 0.25) is 0 Å². The van der Waals surface area contributed by atoms with Crippen molar-refractivity contribution < 1.29 is 9.53 Å². The van der Waals surface area contributed by atoms with Gasteiger partial charge in [0.25, 0.3) is 5.91 Å². The molecular formula is C25H27N5O2S. The van der Waals surface area contributed by atoms with E-state index < -0.39 is 0 Å². The van der Waals surface area contributed by atoms with Crippen molar-refractivity contribution in [3.8, 4) is 16.6 Å². The SMILES string of the molecule is CC.N#CC1COCc2ccc(C(=O)NC/C(N)=C/c3nc(-c4ccccc4)sc3N)cc21. The van der Waals surface area contributed by atoms with Gasteiger partial charge >= 0.3 is 0 Å². The lowest BCUT2D eigenvalue weighted by Gasteiger charge is -2.21. The Kier molecular flexibility index (Phi) is 8.19. The van der Waals surface area contributed by atoms with Gasteiger partial charge in [0.05, 0.1) is 37.4 Å². The predicted octanol–water partition coefficient (Wildman–Crippen LogP) is 4.29. The molecule has 4 rings (SSSR count). The van der Waals surface area contributed by atoms with E-state index >= 15 is 0 Å². The molecule has 33 heavy (non-hydrogen) atoms. The first-order valence-electron chi connectivity index (χ1n) is 10.7. The largest absolute Gasteiger partial charge is 0.401 e. The Balaban J connectivity index is 0.00000149. The van der Waals surface area contributed by atoms with Crippen LogP contribution in [0.25, 0.3) is 16.6 Å². The molecule has 1 aliphatic heterocycles. The first kappa shape index (κ1) is 24.0. The number of carbonyl (C=O) groups is 1. The van der Waals surface area contributed by atoms with E-state index in [1.54, 1.807) is 18.2 Å². The number of nitrogens with zero attached hydrogens (tertiary/aromatic N) is 2. The predicted molar refractivity (Wildman–Crippen MR) is 132 cm³/mol. The highest BCUT2D eigenvalue weighted by Crippen LogP contribution is 2.31. The minimum Gasteiger partial charge on any atom is -0.401 e. The fourth-order valence-electron chi connectivity index (χ4n) is 3.34. The summed E-state index contributed by atoms with van der Waals surface area (Å²) in [6.07, 6.45) is 1.68. The Morgan fingerprint density at radius 3 is 2.79 bits per heavy atom. The molecule has 0 fully saturated rings. The number of nitriles is 1. The van der Waals surface area contributed by atoms with Crippen molar-refractivity contribution in [1.82, 2.24) is 10.3 Å². The number of nitrogen functional groups attached to an aromatic ring is 1. The van der Waals surface area contributed by atoms with Gasteiger partial charge in [0.15, 0.2) is 0 Å². The van der Waals surface area contributed by atoms with Crippen molar-refractivity contribution in [3.63, 3.8) is 0 Å². The summed E-state index contributed by atoms with van der Waals surface area (Å²) in [6.45, 7) is 4.94. The summed E-state index contributed by atoms with van der Waals surface area (Å²) < 4.78 is 5.41. The highest BCUT2D eigenvalue weighted by atomic mass is 32.1. The second-order valence-electron chi connectivity index (χ2n) is 7.15. The number of nitrogens with two attached hydrogens (primary N) is 2. The maximum absolute atomic E-state index is 12.6. The van der Waals surface area contributed by atoms with Crippen LogP contribution in [-0.4, -0.2) is 24.0 Å². The van der Waals surface area contributed by atoms with Crippen LogP contribution in [0.4, 0.5) is 5.00 Å². The van der Waals surface area contributed by atoms with E-state index in [0.29, 0.717) is 35.2 Å². The standard InChI is InChI=1S/C23H21N5O2S.C2H6/c24-10-17-13-30-12-16-7-6-15(8-19(16)17)22(29)27-11-18(25)9-20-21(26)31-23(28-20)14-4-2-1-3-5-14;1-2/h1-9,17H,11-13,25-26H2,(H,27,29);1-2H3/b18-9-;. The molecule has 1 atom stereocenters. The van der Waals surface area contributed by atoms with Crippen LogP contribution in [0.1, 0.15) is 46.9 Å². The molecule has 0 saturated heterocycles. The van der Waals surface area contributed by atoms with Crippen LogP contribution in [0.3, 0.4) is 0 Å². The molecule has 0 aliphatic carbocycles. The molecule has 0 radical (unpaired) electrons. The molecule has 5 N–H and O–H groups in total. The lowest BCUT2D eigenvalue weighted by Crippen LogP contribution is -2.28. The van der Waals surface area contributed by atoms with Gasteiger partial charge in [0.1, 0.15) is 10.0 Å². The van der Waals surface area contributed by atoms with Crippen LogP contribution in [0, 0.1) is 11.3 Å². The monoisotopic (exact) mass is 461 g/mol. The van der Waals surface area contributed by atoms with Crippen molar-refractivity contribution in [2.75, 3.05) is 18.9 Å². The third-order valence-electron chi connectivity index (χ3n) is 4.96. The highest BCUT2D eigenvalue weighted by Gasteiger charge is 2.22. The maximum atomic E-state index is 12.6. The molecule has 2 aromatic carbocycles. The second-order valence-corrected chi connectivity index (χ2v) is 8.18. The van der Waals surface area contributed by atoms with Gasteiger partial charge in [-0.3, -0.25) is 4.79 Å².